The smallest absolute Gasteiger partial charge is 0.238 e. The normalized spacial score (nSPS) is 24.7. The Morgan fingerprint density at radius 2 is 1.71 bits per heavy atom. The highest BCUT2D eigenvalue weighted by Gasteiger charge is 2.34. The summed E-state index contributed by atoms with van der Waals surface area (Å²) in [7, 11) is 0.720. The number of likely N-dealkylation sites (N-methyl/N-ethyl adjacent to an activating group) is 1. The van der Waals surface area contributed by atoms with E-state index in [4.69, 9.17) is 0 Å². The third-order valence-corrected chi connectivity index (χ3v) is 6.79. The molecule has 1 heterocycles. The standard InChI is InChI=1S/C15H28N2O3S/c1-16(2)11-13-7-5-6-10-17(13)15(18)12-21(19,20)14-8-3-4-9-14/h13-14H,3-12H2,1-2H3. The van der Waals surface area contributed by atoms with Crippen molar-refractivity contribution in [2.24, 2.45) is 0 Å². The predicted octanol–water partition coefficient (Wildman–Crippen LogP) is 1.29. The Morgan fingerprint density at radius 1 is 1.10 bits per heavy atom. The highest BCUT2D eigenvalue weighted by atomic mass is 32.2. The summed E-state index contributed by atoms with van der Waals surface area (Å²) in [6.45, 7) is 1.52. The molecule has 0 N–H and O–H groups in total. The lowest BCUT2D eigenvalue weighted by Crippen LogP contribution is -2.50. The van der Waals surface area contributed by atoms with Crippen molar-refractivity contribution in [1.82, 2.24) is 9.80 Å². The molecule has 2 aliphatic rings. The van der Waals surface area contributed by atoms with E-state index in [0.29, 0.717) is 6.54 Å². The number of nitrogens with zero attached hydrogens (tertiary/aromatic N) is 2. The van der Waals surface area contributed by atoms with Gasteiger partial charge in [-0.3, -0.25) is 4.79 Å². The second kappa shape index (κ2) is 7.09. The maximum absolute atomic E-state index is 12.5. The van der Waals surface area contributed by atoms with Crippen molar-refractivity contribution in [1.29, 1.82) is 0 Å². The van der Waals surface area contributed by atoms with Crippen molar-refractivity contribution >= 4 is 15.7 Å². The van der Waals surface area contributed by atoms with Gasteiger partial charge in [-0.25, -0.2) is 8.42 Å². The summed E-state index contributed by atoms with van der Waals surface area (Å²) in [6.07, 6.45) is 6.51. The van der Waals surface area contributed by atoms with E-state index in [1.807, 2.05) is 19.0 Å². The Kier molecular flexibility index (Phi) is 5.66. The van der Waals surface area contributed by atoms with Gasteiger partial charge in [-0.1, -0.05) is 12.8 Å². The summed E-state index contributed by atoms with van der Waals surface area (Å²) in [5.41, 5.74) is 0. The van der Waals surface area contributed by atoms with Crippen molar-refractivity contribution in [3.63, 3.8) is 0 Å². The molecule has 1 saturated heterocycles. The van der Waals surface area contributed by atoms with Crippen molar-refractivity contribution in [3.05, 3.63) is 0 Å². The van der Waals surface area contributed by atoms with E-state index in [1.54, 1.807) is 0 Å². The highest BCUT2D eigenvalue weighted by Crippen LogP contribution is 2.26. The van der Waals surface area contributed by atoms with Crippen LogP contribution in [0.4, 0.5) is 0 Å². The monoisotopic (exact) mass is 316 g/mol. The van der Waals surface area contributed by atoms with Crippen LogP contribution in [0.25, 0.3) is 0 Å². The molecule has 0 spiro atoms. The quantitative estimate of drug-likeness (QED) is 0.767. The second-order valence-corrected chi connectivity index (χ2v) is 8.99. The number of piperidine rings is 1. The molecule has 1 aliphatic carbocycles. The van der Waals surface area contributed by atoms with Gasteiger partial charge in [-0.2, -0.15) is 0 Å². The highest BCUT2D eigenvalue weighted by molar-refractivity contribution is 7.92. The van der Waals surface area contributed by atoms with Crippen molar-refractivity contribution in [2.75, 3.05) is 32.9 Å². The molecule has 0 aromatic heterocycles. The van der Waals surface area contributed by atoms with E-state index >= 15 is 0 Å². The van der Waals surface area contributed by atoms with Gasteiger partial charge in [0.25, 0.3) is 0 Å². The zero-order valence-corrected chi connectivity index (χ0v) is 14.1. The molecule has 5 nitrogen and oxygen atoms in total. The molecule has 2 fully saturated rings. The number of rotatable bonds is 5. The molecule has 2 rings (SSSR count). The first kappa shape index (κ1) is 16.7. The van der Waals surface area contributed by atoms with Crippen molar-refractivity contribution in [3.8, 4) is 0 Å². The number of sulfone groups is 1. The summed E-state index contributed by atoms with van der Waals surface area (Å²) in [5.74, 6) is -0.477. The van der Waals surface area contributed by atoms with Gasteiger partial charge in [-0.15, -0.1) is 0 Å². The van der Waals surface area contributed by atoms with E-state index in [0.717, 1.165) is 51.5 Å². The summed E-state index contributed by atoms with van der Waals surface area (Å²) in [6, 6.07) is 0.167. The third kappa shape index (κ3) is 4.42. The molecule has 21 heavy (non-hydrogen) atoms. The summed E-state index contributed by atoms with van der Waals surface area (Å²) >= 11 is 0. The summed E-state index contributed by atoms with van der Waals surface area (Å²) in [4.78, 5) is 16.4. The lowest BCUT2D eigenvalue weighted by Gasteiger charge is -2.37. The maximum atomic E-state index is 12.5. The van der Waals surface area contributed by atoms with Crippen LogP contribution in [0.15, 0.2) is 0 Å². The Balaban J connectivity index is 2.00. The fourth-order valence-corrected chi connectivity index (χ4v) is 5.36. The number of carbonyl (C=O) groups is 1. The SMILES string of the molecule is CN(C)CC1CCCCN1C(=O)CS(=O)(=O)C1CCCC1. The molecule has 1 atom stereocenters. The molecule has 0 bridgehead atoms. The summed E-state index contributed by atoms with van der Waals surface area (Å²) in [5, 5.41) is -0.279. The van der Waals surface area contributed by atoms with E-state index in [1.165, 1.54) is 0 Å². The Hall–Kier alpha value is -0.620. The molecule has 122 valence electrons. The number of carbonyl (C=O) groups excluding carboxylic acids is 1. The minimum Gasteiger partial charge on any atom is -0.338 e. The second-order valence-electron chi connectivity index (χ2n) is 6.71. The van der Waals surface area contributed by atoms with E-state index in [9.17, 15) is 13.2 Å². The van der Waals surface area contributed by atoms with Crippen LogP contribution in [0.5, 0.6) is 0 Å². The molecule has 0 radical (unpaired) electrons. The van der Waals surface area contributed by atoms with Gasteiger partial charge < -0.3 is 9.80 Å². The fourth-order valence-electron chi connectivity index (χ4n) is 3.56. The molecule has 6 heteroatoms. The van der Waals surface area contributed by atoms with Crippen LogP contribution in [0.1, 0.15) is 44.9 Å². The first-order valence-corrected chi connectivity index (χ1v) is 9.77. The van der Waals surface area contributed by atoms with Gasteiger partial charge in [-0.05, 0) is 46.2 Å². The topological polar surface area (TPSA) is 57.7 Å². The predicted molar refractivity (Wildman–Crippen MR) is 83.9 cm³/mol. The average Bonchev–Trinajstić information content (AvgIpc) is 2.92. The number of hydrogen-bond acceptors (Lipinski definition) is 4. The Bertz CT molecular complexity index is 456. The molecular weight excluding hydrogens is 288 g/mol. The average molecular weight is 316 g/mol. The van der Waals surface area contributed by atoms with Crippen LogP contribution in [0.2, 0.25) is 0 Å². The molecule has 1 saturated carbocycles. The van der Waals surface area contributed by atoms with Crippen LogP contribution in [0.3, 0.4) is 0 Å². The minimum atomic E-state index is -3.27. The van der Waals surface area contributed by atoms with Gasteiger partial charge in [0.1, 0.15) is 5.75 Å². The maximum Gasteiger partial charge on any atom is 0.238 e. The minimum absolute atomic E-state index is 0.167. The largest absolute Gasteiger partial charge is 0.338 e. The molecule has 1 amide bonds. The van der Waals surface area contributed by atoms with Gasteiger partial charge in [0.05, 0.1) is 5.25 Å². The zero-order chi connectivity index (χ0) is 15.5. The van der Waals surface area contributed by atoms with Crippen LogP contribution in [0, 0.1) is 0 Å². The van der Waals surface area contributed by atoms with Crippen molar-refractivity contribution in [2.45, 2.75) is 56.2 Å². The Labute approximate surface area is 128 Å². The van der Waals surface area contributed by atoms with Crippen LogP contribution < -0.4 is 0 Å². The first-order chi connectivity index (χ1) is 9.90. The third-order valence-electron chi connectivity index (χ3n) is 4.66. The molecule has 1 aliphatic heterocycles. The van der Waals surface area contributed by atoms with Crippen LogP contribution >= 0.6 is 0 Å². The molecule has 0 aromatic rings. The fraction of sp³-hybridized carbons (Fsp3) is 0.933. The molecule has 1 unspecified atom stereocenters. The van der Waals surface area contributed by atoms with Gasteiger partial charge >= 0.3 is 0 Å². The van der Waals surface area contributed by atoms with Crippen LogP contribution in [-0.2, 0) is 14.6 Å². The molecular formula is C15H28N2O3S. The summed E-state index contributed by atoms with van der Waals surface area (Å²) < 4.78 is 24.7. The van der Waals surface area contributed by atoms with E-state index in [2.05, 4.69) is 4.90 Å². The van der Waals surface area contributed by atoms with Crippen LogP contribution in [-0.4, -0.2) is 68.4 Å². The Morgan fingerprint density at radius 3 is 2.33 bits per heavy atom. The zero-order valence-electron chi connectivity index (χ0n) is 13.3. The number of hydrogen-bond donors (Lipinski definition) is 0. The van der Waals surface area contributed by atoms with E-state index in [-0.39, 0.29) is 23.0 Å². The van der Waals surface area contributed by atoms with E-state index < -0.39 is 9.84 Å². The lowest BCUT2D eigenvalue weighted by molar-refractivity contribution is -0.132. The first-order valence-electron chi connectivity index (χ1n) is 8.06. The molecule has 0 aromatic carbocycles. The number of amides is 1. The number of likely N-dealkylation sites (tertiary alicyclic amines) is 1. The van der Waals surface area contributed by atoms with Gasteiger partial charge in [0.2, 0.25) is 5.91 Å². The van der Waals surface area contributed by atoms with Gasteiger partial charge in [0, 0.05) is 19.1 Å². The van der Waals surface area contributed by atoms with Crippen molar-refractivity contribution < 1.29 is 13.2 Å². The van der Waals surface area contributed by atoms with Gasteiger partial charge in [0.15, 0.2) is 9.84 Å². The lowest BCUT2D eigenvalue weighted by atomic mass is 10.0.